The number of alkyl halides is 3. The molecule has 0 fully saturated rings. The Balaban J connectivity index is 1.61. The second-order valence-corrected chi connectivity index (χ2v) is 8.69. The first-order valence-electron chi connectivity index (χ1n) is 11.8. The van der Waals surface area contributed by atoms with Gasteiger partial charge in [-0.2, -0.15) is 18.3 Å². The van der Waals surface area contributed by atoms with Gasteiger partial charge in [0.15, 0.2) is 0 Å². The van der Waals surface area contributed by atoms with Crippen molar-refractivity contribution in [1.82, 2.24) is 9.91 Å². The summed E-state index contributed by atoms with van der Waals surface area (Å²) in [4.78, 5) is 27.9. The average molecular weight is 528 g/mol. The summed E-state index contributed by atoms with van der Waals surface area (Å²) in [6.45, 7) is -0.276. The van der Waals surface area contributed by atoms with Gasteiger partial charge in [-0.15, -0.1) is 0 Å². The SMILES string of the molecule is COCCN(CC(=O)N1N=C(c2ccccc2F)C[C@H]1c1ccccc1)C(=O)c1ccc(C(F)(F)F)cc1. The van der Waals surface area contributed by atoms with Crippen LogP contribution in [-0.4, -0.2) is 54.2 Å². The first kappa shape index (κ1) is 27.0. The third-order valence-corrected chi connectivity index (χ3v) is 6.17. The number of carbonyl (C=O) groups is 2. The lowest BCUT2D eigenvalue weighted by Gasteiger charge is -2.27. The topological polar surface area (TPSA) is 62.2 Å². The van der Waals surface area contributed by atoms with E-state index in [1.165, 1.54) is 23.1 Å². The smallest absolute Gasteiger partial charge is 0.383 e. The maximum atomic E-state index is 14.5. The minimum absolute atomic E-state index is 0.00141. The van der Waals surface area contributed by atoms with Crippen molar-refractivity contribution >= 4 is 17.5 Å². The molecular weight excluding hydrogens is 502 g/mol. The molecular formula is C28H25F4N3O3. The van der Waals surface area contributed by atoms with E-state index < -0.39 is 42.0 Å². The number of ether oxygens (including phenoxy) is 1. The zero-order valence-electron chi connectivity index (χ0n) is 20.5. The van der Waals surface area contributed by atoms with E-state index in [1.807, 2.05) is 30.3 Å². The van der Waals surface area contributed by atoms with Crippen LogP contribution in [-0.2, 0) is 15.7 Å². The molecule has 4 rings (SSSR count). The molecule has 38 heavy (non-hydrogen) atoms. The summed E-state index contributed by atoms with van der Waals surface area (Å²) < 4.78 is 58.4. The van der Waals surface area contributed by atoms with E-state index in [-0.39, 0.29) is 30.7 Å². The molecule has 0 unspecified atom stereocenters. The summed E-state index contributed by atoms with van der Waals surface area (Å²) in [5.41, 5.74) is 0.571. The fourth-order valence-electron chi connectivity index (χ4n) is 4.21. The van der Waals surface area contributed by atoms with Crippen molar-refractivity contribution in [2.45, 2.75) is 18.6 Å². The molecule has 1 aliphatic heterocycles. The second-order valence-electron chi connectivity index (χ2n) is 8.69. The van der Waals surface area contributed by atoms with Crippen molar-refractivity contribution in [3.63, 3.8) is 0 Å². The van der Waals surface area contributed by atoms with Crippen molar-refractivity contribution in [1.29, 1.82) is 0 Å². The van der Waals surface area contributed by atoms with Crippen LogP contribution in [0.15, 0.2) is 84.0 Å². The first-order valence-corrected chi connectivity index (χ1v) is 11.8. The van der Waals surface area contributed by atoms with Crippen molar-refractivity contribution < 1.29 is 31.9 Å². The minimum Gasteiger partial charge on any atom is -0.383 e. The van der Waals surface area contributed by atoms with Crippen molar-refractivity contribution in [2.75, 3.05) is 26.8 Å². The molecule has 3 aromatic rings. The molecule has 1 aliphatic rings. The maximum absolute atomic E-state index is 14.5. The molecule has 0 spiro atoms. The van der Waals surface area contributed by atoms with E-state index in [1.54, 1.807) is 18.2 Å². The molecule has 0 saturated carbocycles. The Bertz CT molecular complexity index is 1310. The van der Waals surface area contributed by atoms with Gasteiger partial charge in [0.2, 0.25) is 0 Å². The van der Waals surface area contributed by atoms with Crippen LogP contribution in [0.4, 0.5) is 17.6 Å². The van der Waals surface area contributed by atoms with Gasteiger partial charge in [-0.1, -0.05) is 48.5 Å². The molecule has 0 aliphatic carbocycles. The standard InChI is InChI=1S/C28H25F4N3O3/c1-38-16-15-34(27(37)20-11-13-21(14-12-20)28(30,31)32)18-26(36)35-25(19-7-3-2-4-8-19)17-24(33-35)22-9-5-6-10-23(22)29/h2-14,25H,15-18H2,1H3/t25-/m0/s1. The van der Waals surface area contributed by atoms with E-state index in [0.29, 0.717) is 5.71 Å². The molecule has 2 amide bonds. The molecule has 0 N–H and O–H groups in total. The predicted molar refractivity (Wildman–Crippen MR) is 133 cm³/mol. The summed E-state index contributed by atoms with van der Waals surface area (Å²) in [7, 11) is 1.43. The van der Waals surface area contributed by atoms with E-state index in [9.17, 15) is 27.2 Å². The van der Waals surface area contributed by atoms with Gasteiger partial charge in [0.1, 0.15) is 12.4 Å². The van der Waals surface area contributed by atoms with Gasteiger partial charge < -0.3 is 9.64 Å². The zero-order valence-corrected chi connectivity index (χ0v) is 20.5. The Morgan fingerprint density at radius 3 is 2.29 bits per heavy atom. The van der Waals surface area contributed by atoms with Gasteiger partial charge in [-0.25, -0.2) is 9.40 Å². The highest BCUT2D eigenvalue weighted by molar-refractivity contribution is 6.04. The fraction of sp³-hybridized carbons (Fsp3) is 0.250. The fourth-order valence-corrected chi connectivity index (χ4v) is 4.21. The number of halogens is 4. The van der Waals surface area contributed by atoms with Crippen LogP contribution in [0.25, 0.3) is 0 Å². The van der Waals surface area contributed by atoms with Crippen LogP contribution in [0.1, 0.15) is 39.5 Å². The van der Waals surface area contributed by atoms with Crippen LogP contribution in [0.5, 0.6) is 0 Å². The summed E-state index contributed by atoms with van der Waals surface area (Å²) in [6.07, 6.45) is -4.27. The quantitative estimate of drug-likeness (QED) is 0.373. The van der Waals surface area contributed by atoms with Gasteiger partial charge >= 0.3 is 6.18 Å². The Morgan fingerprint density at radius 1 is 1.00 bits per heavy atom. The molecule has 0 radical (unpaired) electrons. The number of benzene rings is 3. The molecule has 10 heteroatoms. The first-order chi connectivity index (χ1) is 18.2. The number of amides is 2. The van der Waals surface area contributed by atoms with E-state index in [4.69, 9.17) is 4.74 Å². The van der Waals surface area contributed by atoms with Crippen molar-refractivity contribution in [2.24, 2.45) is 5.10 Å². The predicted octanol–water partition coefficient (Wildman–Crippen LogP) is 5.31. The molecule has 0 bridgehead atoms. The Kier molecular flexibility index (Phi) is 8.21. The van der Waals surface area contributed by atoms with Crippen LogP contribution < -0.4 is 0 Å². The summed E-state index contributed by atoms with van der Waals surface area (Å²) in [5.74, 6) is -1.62. The van der Waals surface area contributed by atoms with Gasteiger partial charge in [0.05, 0.1) is 23.9 Å². The normalized spacial score (nSPS) is 15.3. The number of hydrogen-bond acceptors (Lipinski definition) is 4. The van der Waals surface area contributed by atoms with Crippen LogP contribution in [0, 0.1) is 5.82 Å². The Hall–Kier alpha value is -4.05. The Morgan fingerprint density at radius 2 is 1.66 bits per heavy atom. The monoisotopic (exact) mass is 527 g/mol. The number of rotatable bonds is 8. The minimum atomic E-state index is -4.54. The lowest BCUT2D eigenvalue weighted by atomic mass is 9.98. The van der Waals surface area contributed by atoms with Gasteiger partial charge in [-0.3, -0.25) is 9.59 Å². The van der Waals surface area contributed by atoms with Crippen molar-refractivity contribution in [3.05, 3.63) is 107 Å². The van der Waals surface area contributed by atoms with Gasteiger partial charge in [0.25, 0.3) is 11.8 Å². The van der Waals surface area contributed by atoms with E-state index >= 15 is 0 Å². The van der Waals surface area contributed by atoms with Gasteiger partial charge in [0, 0.05) is 31.2 Å². The third kappa shape index (κ3) is 6.08. The second kappa shape index (κ2) is 11.6. The molecule has 3 aromatic carbocycles. The number of hydrogen-bond donors (Lipinski definition) is 0. The van der Waals surface area contributed by atoms with Crippen LogP contribution >= 0.6 is 0 Å². The van der Waals surface area contributed by atoms with Crippen LogP contribution in [0.2, 0.25) is 0 Å². The van der Waals surface area contributed by atoms with E-state index in [0.717, 1.165) is 29.8 Å². The molecule has 6 nitrogen and oxygen atoms in total. The molecule has 1 heterocycles. The highest BCUT2D eigenvalue weighted by Gasteiger charge is 2.35. The largest absolute Gasteiger partial charge is 0.416 e. The lowest BCUT2D eigenvalue weighted by Crippen LogP contribution is -2.42. The Labute approximate surface area is 217 Å². The summed E-state index contributed by atoms with van der Waals surface area (Å²) in [5, 5.41) is 5.69. The zero-order chi connectivity index (χ0) is 27.3. The third-order valence-electron chi connectivity index (χ3n) is 6.17. The van der Waals surface area contributed by atoms with Gasteiger partial charge in [-0.05, 0) is 35.9 Å². The summed E-state index contributed by atoms with van der Waals surface area (Å²) in [6, 6.07) is 18.5. The highest BCUT2D eigenvalue weighted by Crippen LogP contribution is 2.33. The summed E-state index contributed by atoms with van der Waals surface area (Å²) >= 11 is 0. The van der Waals surface area contributed by atoms with E-state index in [2.05, 4.69) is 5.10 Å². The van der Waals surface area contributed by atoms with Crippen LogP contribution in [0.3, 0.4) is 0 Å². The van der Waals surface area contributed by atoms with Crippen molar-refractivity contribution in [3.8, 4) is 0 Å². The molecule has 198 valence electrons. The molecule has 0 aromatic heterocycles. The number of hydrazone groups is 1. The highest BCUT2D eigenvalue weighted by atomic mass is 19.4. The molecule has 0 saturated heterocycles. The lowest BCUT2D eigenvalue weighted by molar-refractivity contribution is -0.137. The maximum Gasteiger partial charge on any atom is 0.416 e. The number of nitrogens with zero attached hydrogens (tertiary/aromatic N) is 3. The average Bonchev–Trinajstić information content (AvgIpc) is 3.36. The number of methoxy groups -OCH3 is 1. The molecule has 1 atom stereocenters. The number of carbonyl (C=O) groups excluding carboxylic acids is 2.